The van der Waals surface area contributed by atoms with Crippen LogP contribution < -0.4 is 15.3 Å². The Hall–Kier alpha value is -8.48. The maximum Gasteiger partial charge on any atom is 0.442 e. The number of rotatable bonds is 5. The fourth-order valence-electron chi connectivity index (χ4n) is 12.7. The van der Waals surface area contributed by atoms with Gasteiger partial charge < -0.3 is 9.80 Å². The molecule has 68 heavy (non-hydrogen) atoms. The van der Waals surface area contributed by atoms with Crippen molar-refractivity contribution in [2.45, 2.75) is 36.8 Å². The van der Waals surface area contributed by atoms with E-state index in [2.05, 4.69) is 197 Å². The van der Waals surface area contributed by atoms with E-state index in [0.717, 1.165) is 29.0 Å². The highest BCUT2D eigenvalue weighted by molar-refractivity contribution is 6.15. The molecule has 0 fully saturated rings. The molecule has 4 unspecified atom stereocenters. The quantitative estimate of drug-likeness (QED) is 0.161. The van der Waals surface area contributed by atoms with Crippen LogP contribution in [-0.4, -0.2) is 42.2 Å². The van der Waals surface area contributed by atoms with Crippen LogP contribution in [0.1, 0.15) is 36.0 Å². The summed E-state index contributed by atoms with van der Waals surface area (Å²) in [6, 6.07) is 57.1. The van der Waals surface area contributed by atoms with Gasteiger partial charge in [0.25, 0.3) is 0 Å². The number of benzene rings is 7. The fourth-order valence-corrected chi connectivity index (χ4v) is 12.7. The van der Waals surface area contributed by atoms with Crippen LogP contribution in [0.15, 0.2) is 218 Å². The molecule has 0 spiro atoms. The van der Waals surface area contributed by atoms with Crippen molar-refractivity contribution in [3.63, 3.8) is 0 Å². The Labute approximate surface area is 394 Å². The van der Waals surface area contributed by atoms with Gasteiger partial charge in [-0.25, -0.2) is 0 Å². The van der Waals surface area contributed by atoms with Gasteiger partial charge in [0, 0.05) is 44.3 Å². The van der Waals surface area contributed by atoms with Crippen molar-refractivity contribution in [1.82, 2.24) is 19.9 Å². The Kier molecular flexibility index (Phi) is 7.77. The number of nitrogens with zero attached hydrogens (tertiary/aromatic N) is 6. The summed E-state index contributed by atoms with van der Waals surface area (Å²) in [5, 5.41) is 5.23. The van der Waals surface area contributed by atoms with Gasteiger partial charge in [0.1, 0.15) is 23.5 Å². The minimum absolute atomic E-state index is 0.0714. The molecule has 0 saturated heterocycles. The van der Waals surface area contributed by atoms with Gasteiger partial charge in [0.05, 0.1) is 17.1 Å². The van der Waals surface area contributed by atoms with E-state index in [4.69, 9.17) is 15.0 Å². The molecule has 6 nitrogen and oxygen atoms in total. The molecular formula is C62H43N6+. The number of hydrogen-bond acceptors (Lipinski definition) is 5. The zero-order valence-corrected chi connectivity index (χ0v) is 37.3. The van der Waals surface area contributed by atoms with Crippen LogP contribution in [0.3, 0.4) is 0 Å². The normalized spacial score (nSPS) is 21.5. The predicted octanol–water partition coefficient (Wildman–Crippen LogP) is 11.9. The first-order valence-corrected chi connectivity index (χ1v) is 23.8. The average molecular weight is 872 g/mol. The van der Waals surface area contributed by atoms with Gasteiger partial charge in [0.2, 0.25) is 11.6 Å². The van der Waals surface area contributed by atoms with E-state index >= 15 is 0 Å². The summed E-state index contributed by atoms with van der Waals surface area (Å²) < 4.78 is 2.31. The third kappa shape index (κ3) is 5.12. The molecule has 0 bridgehead atoms. The summed E-state index contributed by atoms with van der Waals surface area (Å²) in [7, 11) is 0. The molecule has 0 N–H and O–H groups in total. The Morgan fingerprint density at radius 3 is 2.13 bits per heavy atom. The third-order valence-corrected chi connectivity index (χ3v) is 15.5. The van der Waals surface area contributed by atoms with E-state index in [1.54, 1.807) is 0 Å². The van der Waals surface area contributed by atoms with Gasteiger partial charge in [-0.3, -0.25) is 0 Å². The maximum absolute atomic E-state index is 5.29. The minimum Gasteiger partial charge on any atom is -0.343 e. The summed E-state index contributed by atoms with van der Waals surface area (Å²) in [5.74, 6) is 2.08. The van der Waals surface area contributed by atoms with Crippen molar-refractivity contribution >= 4 is 50.8 Å². The Bertz CT molecular complexity index is 3810. The van der Waals surface area contributed by atoms with Gasteiger partial charge in [-0.2, -0.15) is 9.56 Å². The van der Waals surface area contributed by atoms with E-state index in [0.29, 0.717) is 17.6 Å². The molecule has 1 aromatic heterocycles. The van der Waals surface area contributed by atoms with Gasteiger partial charge in [0.15, 0.2) is 0 Å². The van der Waals surface area contributed by atoms with Crippen LogP contribution in [0.5, 0.6) is 0 Å². The molecule has 320 valence electrons. The highest BCUT2D eigenvalue weighted by Crippen LogP contribution is 2.61. The molecule has 8 aromatic rings. The molecule has 0 saturated carbocycles. The third-order valence-electron chi connectivity index (χ3n) is 15.5. The van der Waals surface area contributed by atoms with Crippen LogP contribution >= 0.6 is 0 Å². The molecule has 4 atom stereocenters. The predicted molar refractivity (Wildman–Crippen MR) is 274 cm³/mol. The standard InChI is InChI=1S/C62H43N6/c1-62(47-28-8-9-30-49(47)66-52-33-13-22-38-21-12-24-43(55(38)52)45-26-15-29-48(62)57(45)66)37-41-35-36-53-56-42(41)23-14-25-44(56)46-27-16-34-54-58(46)67(53)50-31-10-11-32-51(50)68(54)61-64-59(39-17-4-2-5-18-39)63-60(65-61)40-19-6-3-7-20-40/h2-36,41,50,58H,37H2,1H3/q+1. The topological polar surface area (TPSA) is 48.2 Å². The van der Waals surface area contributed by atoms with Crippen molar-refractivity contribution in [3.8, 4) is 33.9 Å². The highest BCUT2D eigenvalue weighted by atomic mass is 15.3. The zero-order valence-electron chi connectivity index (χ0n) is 37.3. The number of para-hydroxylation sites is 2. The molecule has 0 radical (unpaired) electrons. The van der Waals surface area contributed by atoms with Crippen molar-refractivity contribution in [3.05, 3.63) is 245 Å². The second-order valence-electron chi connectivity index (χ2n) is 19.1. The lowest BCUT2D eigenvalue weighted by atomic mass is 9.64. The average Bonchev–Trinajstić information content (AvgIpc) is 3.40. The van der Waals surface area contributed by atoms with Crippen LogP contribution in [-0.2, 0) is 5.41 Å². The first-order valence-electron chi connectivity index (χ1n) is 23.8. The maximum atomic E-state index is 5.29. The van der Waals surface area contributed by atoms with Crippen molar-refractivity contribution < 1.29 is 4.58 Å². The first-order chi connectivity index (χ1) is 33.6. The number of aromatic nitrogens is 3. The Morgan fingerprint density at radius 2 is 1.31 bits per heavy atom. The molecule has 3 aliphatic carbocycles. The molecule has 15 rings (SSSR count). The Balaban J connectivity index is 0.895. The van der Waals surface area contributed by atoms with E-state index in [-0.39, 0.29) is 23.4 Å². The lowest BCUT2D eigenvalue weighted by molar-refractivity contribution is -0.407. The number of hydrogen-bond donors (Lipinski definition) is 0. The molecular weight excluding hydrogens is 829 g/mol. The molecule has 5 heterocycles. The summed E-state index contributed by atoms with van der Waals surface area (Å²) >= 11 is 0. The molecule has 0 amide bonds. The van der Waals surface area contributed by atoms with Gasteiger partial charge >= 0.3 is 5.95 Å². The number of fused-ring (bicyclic) bond motifs is 7. The summed E-state index contributed by atoms with van der Waals surface area (Å²) in [6.45, 7) is 2.50. The molecule has 7 aromatic carbocycles. The van der Waals surface area contributed by atoms with Crippen molar-refractivity contribution in [2.24, 2.45) is 0 Å². The van der Waals surface area contributed by atoms with E-state index < -0.39 is 0 Å². The smallest absolute Gasteiger partial charge is 0.343 e. The van der Waals surface area contributed by atoms with Crippen molar-refractivity contribution in [1.29, 1.82) is 0 Å². The summed E-state index contributed by atoms with van der Waals surface area (Å²) in [6.07, 6.45) is 21.6. The monoisotopic (exact) mass is 871 g/mol. The summed E-state index contributed by atoms with van der Waals surface area (Å²) in [5.41, 5.74) is 17.0. The van der Waals surface area contributed by atoms with E-state index in [9.17, 15) is 0 Å². The van der Waals surface area contributed by atoms with Crippen LogP contribution in [0.25, 0.3) is 55.9 Å². The number of anilines is 3. The first kappa shape index (κ1) is 37.7. The molecule has 4 aliphatic heterocycles. The van der Waals surface area contributed by atoms with Crippen LogP contribution in [0, 0.1) is 0 Å². The summed E-state index contributed by atoms with van der Waals surface area (Å²) in [4.78, 5) is 20.9. The van der Waals surface area contributed by atoms with Crippen molar-refractivity contribution in [2.75, 3.05) is 4.90 Å². The lowest BCUT2D eigenvalue weighted by Gasteiger charge is -2.49. The van der Waals surface area contributed by atoms with Gasteiger partial charge in [-0.05, 0) is 109 Å². The largest absolute Gasteiger partial charge is 0.442 e. The second-order valence-corrected chi connectivity index (χ2v) is 19.1. The highest BCUT2D eigenvalue weighted by Gasteiger charge is 2.49. The molecule has 7 aliphatic rings. The van der Waals surface area contributed by atoms with Gasteiger partial charge in [-0.15, -0.1) is 0 Å². The second kappa shape index (κ2) is 14.0. The zero-order chi connectivity index (χ0) is 44.7. The van der Waals surface area contributed by atoms with Crippen LogP contribution in [0.4, 0.5) is 23.0 Å². The number of allylic oxidation sites excluding steroid dienone is 5. The Morgan fingerprint density at radius 1 is 0.603 bits per heavy atom. The van der Waals surface area contributed by atoms with Crippen LogP contribution in [0.2, 0.25) is 0 Å². The lowest BCUT2D eigenvalue weighted by Crippen LogP contribution is -2.60. The van der Waals surface area contributed by atoms with E-state index in [1.165, 1.54) is 77.4 Å². The fraction of sp³-hybridized carbons (Fsp3) is 0.0968. The van der Waals surface area contributed by atoms with Gasteiger partial charge in [-0.1, -0.05) is 165 Å². The minimum atomic E-state index is -0.288. The molecule has 6 heteroatoms. The van der Waals surface area contributed by atoms with E-state index in [1.807, 2.05) is 36.4 Å². The SMILES string of the molecule is CC1(CC2C=CC3=c4c2cccc4=C2C=CC=C4C2N3C2C=CC=CC2=[N+]4c2nc(-c3ccccc3)nc(-c3ccccc3)n2)c2ccccc2N2c3c(cccc31)-c1cccc3cccc2c13.